The third-order valence-corrected chi connectivity index (χ3v) is 8.98. The first-order valence-corrected chi connectivity index (χ1v) is 18.7. The molecule has 294 valence electrons. The van der Waals surface area contributed by atoms with Crippen LogP contribution >= 0.6 is 0 Å². The molecule has 7 N–H and O–H groups in total. The standard InChI is InChI=1S/C25H39N5O3.C11H17NO2.C3H8.C2H6/c1-7-20(26)29-19(14-27-8-2)25(5)22(31)18(15-30(25)6)28-23(32)16-10-9-11-17-21(16)33-13-12-24(17,3)4;1-4-7-10(11(13)12-2)8-5-6-9-14-3;1-3-2;1-2/h8-11,18-19,22,27,31H,2,7,12-15H2,1,3-6H3,(H2,26,29)(H,28,32);5-9H,4H2,1-3H3,(H,12,13);3H2,1-2H3;1-2H3/p+1/b;8-5-,9-6-,10-7-;;/t18-,19?,22?,25?;;;/m1.../s1. The first-order valence-electron chi connectivity index (χ1n) is 18.7. The number of rotatable bonds is 13. The highest BCUT2D eigenvalue weighted by Gasteiger charge is 2.54. The van der Waals surface area contributed by atoms with Crippen LogP contribution in [0.3, 0.4) is 0 Å². The molecule has 1 saturated heterocycles. The lowest BCUT2D eigenvalue weighted by molar-refractivity contribution is -0.522. The van der Waals surface area contributed by atoms with Crippen LogP contribution < -0.4 is 31.4 Å². The van der Waals surface area contributed by atoms with Gasteiger partial charge in [-0.2, -0.15) is 0 Å². The van der Waals surface area contributed by atoms with Crippen molar-refractivity contribution in [1.82, 2.24) is 20.9 Å². The number of amidine groups is 1. The second-order valence-electron chi connectivity index (χ2n) is 13.3. The molecule has 2 amide bonds. The van der Waals surface area contributed by atoms with E-state index >= 15 is 0 Å². The number of carbonyl (C=O) groups excluding carboxylic acids is 2. The number of carbonyl (C=O) groups is 2. The Bertz CT molecular complexity index is 1350. The Morgan fingerprint density at radius 2 is 1.85 bits per heavy atom. The average Bonchev–Trinajstić information content (AvgIpc) is 3.35. The van der Waals surface area contributed by atoms with Gasteiger partial charge in [0, 0.05) is 31.1 Å². The minimum Gasteiger partial charge on any atom is -0.504 e. The van der Waals surface area contributed by atoms with E-state index in [2.05, 4.69) is 60.1 Å². The maximum Gasteiger partial charge on any atom is 0.255 e. The quantitative estimate of drug-likeness (QED) is 0.0585. The summed E-state index contributed by atoms with van der Waals surface area (Å²) >= 11 is 0. The summed E-state index contributed by atoms with van der Waals surface area (Å²) < 4.78 is 10.6. The van der Waals surface area contributed by atoms with E-state index in [1.165, 1.54) is 6.42 Å². The van der Waals surface area contributed by atoms with Gasteiger partial charge in [0.15, 0.2) is 0 Å². The molecule has 0 bridgehead atoms. The number of aliphatic hydroxyl groups excluding tert-OH is 1. The zero-order chi connectivity index (χ0) is 39.9. The van der Waals surface area contributed by atoms with E-state index in [9.17, 15) is 14.7 Å². The molecule has 0 saturated carbocycles. The predicted molar refractivity (Wildman–Crippen MR) is 215 cm³/mol. The van der Waals surface area contributed by atoms with E-state index in [1.807, 2.05) is 59.9 Å². The van der Waals surface area contributed by atoms with Crippen LogP contribution in [0.5, 0.6) is 5.75 Å². The van der Waals surface area contributed by atoms with E-state index < -0.39 is 17.7 Å². The number of likely N-dealkylation sites (tertiary alicyclic amines) is 1. The van der Waals surface area contributed by atoms with Crippen LogP contribution in [0.2, 0.25) is 0 Å². The van der Waals surface area contributed by atoms with Crippen LogP contribution in [-0.4, -0.2) is 92.3 Å². The molecule has 1 aromatic rings. The summed E-state index contributed by atoms with van der Waals surface area (Å²) in [6, 6.07) is 5.06. The van der Waals surface area contributed by atoms with Crippen molar-refractivity contribution < 1.29 is 29.2 Å². The van der Waals surface area contributed by atoms with Crippen molar-refractivity contribution in [3.8, 4) is 5.75 Å². The van der Waals surface area contributed by atoms with Gasteiger partial charge in [0.05, 0.1) is 49.8 Å². The van der Waals surface area contributed by atoms with Crippen LogP contribution in [0.4, 0.5) is 0 Å². The topological polar surface area (TPSA) is 152 Å². The van der Waals surface area contributed by atoms with Gasteiger partial charge in [-0.25, -0.2) is 0 Å². The highest BCUT2D eigenvalue weighted by Crippen LogP contribution is 2.40. The fourth-order valence-corrected chi connectivity index (χ4v) is 5.83. The number of likely N-dealkylation sites (N-methyl/N-ethyl adjacent to an activating group) is 2. The molecule has 0 spiro atoms. The number of ether oxygens (including phenoxy) is 2. The summed E-state index contributed by atoms with van der Waals surface area (Å²) in [5.41, 5.74) is 7.59. The number of benzene rings is 1. The summed E-state index contributed by atoms with van der Waals surface area (Å²) in [5.74, 6) is 0.985. The van der Waals surface area contributed by atoms with Crippen LogP contribution in [0.15, 0.2) is 67.1 Å². The average molecular weight is 728 g/mol. The fourth-order valence-electron chi connectivity index (χ4n) is 5.83. The van der Waals surface area contributed by atoms with Crippen LogP contribution in [0, 0.1) is 0 Å². The molecule has 52 heavy (non-hydrogen) atoms. The normalized spacial score (nSPS) is 21.5. The number of nitrogens with zero attached hydrogens (tertiary/aromatic N) is 1. The number of nitrogens with one attached hydrogen (secondary N) is 4. The largest absolute Gasteiger partial charge is 0.504 e. The molecule has 0 radical (unpaired) electrons. The number of allylic oxidation sites excluding steroid dienone is 3. The highest BCUT2D eigenvalue weighted by atomic mass is 16.5. The van der Waals surface area contributed by atoms with Gasteiger partial charge in [0.1, 0.15) is 11.8 Å². The zero-order valence-electron chi connectivity index (χ0n) is 34.2. The predicted octanol–water partition coefficient (Wildman–Crippen LogP) is 4.09. The Kier molecular flexibility index (Phi) is 23.0. The lowest BCUT2D eigenvalue weighted by atomic mass is 9.79. The molecule has 0 aromatic heterocycles. The molecule has 1 fully saturated rings. The molecule has 2 aliphatic heterocycles. The maximum absolute atomic E-state index is 13.3. The van der Waals surface area contributed by atoms with Gasteiger partial charge < -0.3 is 30.5 Å². The molecule has 3 unspecified atom stereocenters. The van der Waals surface area contributed by atoms with Gasteiger partial charge in [-0.05, 0) is 56.6 Å². The van der Waals surface area contributed by atoms with Crippen molar-refractivity contribution in [3.05, 3.63) is 78.2 Å². The Morgan fingerprint density at radius 3 is 2.40 bits per heavy atom. The van der Waals surface area contributed by atoms with Gasteiger partial charge in [0.2, 0.25) is 5.84 Å². The van der Waals surface area contributed by atoms with Crippen molar-refractivity contribution in [2.24, 2.45) is 5.73 Å². The molecule has 4 atom stereocenters. The first-order chi connectivity index (χ1) is 24.7. The van der Waals surface area contributed by atoms with Crippen molar-refractivity contribution >= 4 is 17.6 Å². The monoisotopic (exact) mass is 728 g/mol. The number of para-hydroxylation sites is 1. The summed E-state index contributed by atoms with van der Waals surface area (Å²) in [6.45, 7) is 23.9. The number of hydrogen-bond donors (Lipinski definition) is 6. The van der Waals surface area contributed by atoms with Gasteiger partial charge in [-0.1, -0.05) is 92.7 Å². The Balaban J connectivity index is 0.00000114. The molecular weight excluding hydrogens is 656 g/mol. The van der Waals surface area contributed by atoms with E-state index in [4.69, 9.17) is 15.2 Å². The molecule has 11 nitrogen and oxygen atoms in total. The zero-order valence-corrected chi connectivity index (χ0v) is 34.2. The molecule has 0 aliphatic carbocycles. The number of methoxy groups -OCH3 is 1. The molecule has 3 rings (SSSR count). The van der Waals surface area contributed by atoms with Crippen molar-refractivity contribution in [2.75, 3.05) is 40.9 Å². The lowest BCUT2D eigenvalue weighted by Gasteiger charge is -2.39. The molecule has 11 heteroatoms. The van der Waals surface area contributed by atoms with Crippen LogP contribution in [0.25, 0.3) is 0 Å². The fraction of sp³-hybridized carbons (Fsp3) is 0.585. The minimum absolute atomic E-state index is 0.0533. The highest BCUT2D eigenvalue weighted by molar-refractivity contribution is 5.98. The Hall–Kier alpha value is -4.09. The van der Waals surface area contributed by atoms with E-state index in [-0.39, 0.29) is 23.3 Å². The summed E-state index contributed by atoms with van der Waals surface area (Å²) in [7, 11) is 5.15. The van der Waals surface area contributed by atoms with Gasteiger partial charge in [-0.15, -0.1) is 0 Å². The number of hydrogen-bond acceptors (Lipinski definition) is 7. The van der Waals surface area contributed by atoms with Gasteiger partial charge >= 0.3 is 0 Å². The molecular formula is C41H71N6O5+. The lowest BCUT2D eigenvalue weighted by Crippen LogP contribution is -2.90. The summed E-state index contributed by atoms with van der Waals surface area (Å²) in [4.78, 5) is 30.0. The molecule has 1 aromatic carbocycles. The molecule has 2 heterocycles. The van der Waals surface area contributed by atoms with Gasteiger partial charge in [0.25, 0.3) is 11.8 Å². The van der Waals surface area contributed by atoms with Crippen molar-refractivity contribution in [3.63, 3.8) is 0 Å². The molecule has 2 aliphatic rings. The maximum atomic E-state index is 13.3. The summed E-state index contributed by atoms with van der Waals surface area (Å²) in [5, 5.41) is 20.2. The smallest absolute Gasteiger partial charge is 0.255 e. The number of aliphatic hydroxyl groups is 1. The second-order valence-corrected chi connectivity index (χ2v) is 13.3. The minimum atomic E-state index is -0.822. The number of nitrogens with two attached hydrogens (primary N) is 1. The summed E-state index contributed by atoms with van der Waals surface area (Å²) in [6.07, 6.45) is 13.1. The Labute approximate surface area is 314 Å². The number of amides is 2. The van der Waals surface area contributed by atoms with Crippen molar-refractivity contribution in [1.29, 1.82) is 0 Å². The van der Waals surface area contributed by atoms with Crippen LogP contribution in [0.1, 0.15) is 104 Å². The second kappa shape index (κ2) is 25.0. The third kappa shape index (κ3) is 13.8. The van der Waals surface area contributed by atoms with E-state index in [1.54, 1.807) is 50.9 Å². The third-order valence-electron chi connectivity index (χ3n) is 8.98. The number of fused-ring (bicyclic) bond motifs is 1. The van der Waals surface area contributed by atoms with Crippen LogP contribution in [-0.2, 0) is 14.9 Å². The first kappa shape index (κ1) is 47.9. The SMILES string of the molecule is C=CNCC([NH+]=C(N)CC)C1(C)C(O)[C@H](NC(=O)c2cccc3c2OCCC3(C)C)CN1C.CC.CC/C=C(/C=C\C=C/OC)C(=O)NC.CCC. The van der Waals surface area contributed by atoms with Gasteiger partial charge in [-0.3, -0.25) is 25.2 Å². The Morgan fingerprint density at radius 1 is 1.19 bits per heavy atom. The van der Waals surface area contributed by atoms with E-state index in [0.29, 0.717) is 48.8 Å². The van der Waals surface area contributed by atoms with E-state index in [0.717, 1.165) is 18.4 Å². The van der Waals surface area contributed by atoms with Crippen molar-refractivity contribution in [2.45, 2.75) is 117 Å².